The van der Waals surface area contributed by atoms with Crippen molar-refractivity contribution >= 4 is 11.6 Å². The van der Waals surface area contributed by atoms with Crippen molar-refractivity contribution in [3.8, 4) is 0 Å². The minimum atomic E-state index is -0.0706. The highest BCUT2D eigenvalue weighted by Gasteiger charge is 2.20. The third-order valence-corrected chi connectivity index (χ3v) is 2.68. The van der Waals surface area contributed by atoms with Crippen molar-refractivity contribution in [3.05, 3.63) is 16.4 Å². The lowest BCUT2D eigenvalue weighted by Gasteiger charge is -2.14. The minimum absolute atomic E-state index is 0.0706. The van der Waals surface area contributed by atoms with Gasteiger partial charge >= 0.3 is 0 Å². The maximum atomic E-state index is 6.12. The van der Waals surface area contributed by atoms with Crippen LogP contribution in [0.3, 0.4) is 0 Å². The lowest BCUT2D eigenvalue weighted by molar-refractivity contribution is 0.0909. The molecule has 0 saturated heterocycles. The van der Waals surface area contributed by atoms with E-state index >= 15 is 0 Å². The van der Waals surface area contributed by atoms with E-state index in [1.807, 2.05) is 14.0 Å². The molecule has 80 valence electrons. The lowest BCUT2D eigenvalue weighted by atomic mass is 10.1. The summed E-state index contributed by atoms with van der Waals surface area (Å²) in [6.07, 6.45) is 0.675. The van der Waals surface area contributed by atoms with Crippen LogP contribution in [0.25, 0.3) is 0 Å². The summed E-state index contributed by atoms with van der Waals surface area (Å²) in [4.78, 5) is 0. The van der Waals surface area contributed by atoms with Gasteiger partial charge in [0.05, 0.1) is 16.4 Å². The summed E-state index contributed by atoms with van der Waals surface area (Å²) in [5.74, 6) is 0. The highest BCUT2D eigenvalue weighted by atomic mass is 35.5. The molecule has 0 aromatic carbocycles. The van der Waals surface area contributed by atoms with Crippen LogP contribution in [0.4, 0.5) is 0 Å². The van der Waals surface area contributed by atoms with Gasteiger partial charge < -0.3 is 10.5 Å². The Morgan fingerprint density at radius 3 is 2.64 bits per heavy atom. The zero-order valence-corrected chi connectivity index (χ0v) is 9.51. The Bertz CT molecular complexity index is 311. The van der Waals surface area contributed by atoms with Crippen LogP contribution >= 0.6 is 11.6 Å². The first-order chi connectivity index (χ1) is 6.61. The molecule has 1 rings (SSSR count). The molecule has 0 aliphatic rings. The van der Waals surface area contributed by atoms with Crippen molar-refractivity contribution in [1.82, 2.24) is 9.78 Å². The summed E-state index contributed by atoms with van der Waals surface area (Å²) in [6.45, 7) is 2.44. The van der Waals surface area contributed by atoms with Crippen LogP contribution in [-0.2, 0) is 11.8 Å². The van der Waals surface area contributed by atoms with Gasteiger partial charge in [-0.25, -0.2) is 0 Å². The largest absolute Gasteiger partial charge is 0.375 e. The molecule has 0 bridgehead atoms. The first kappa shape index (κ1) is 11.5. The number of aromatic nitrogens is 2. The van der Waals surface area contributed by atoms with E-state index in [0.717, 1.165) is 17.8 Å². The van der Waals surface area contributed by atoms with Crippen molar-refractivity contribution in [2.24, 2.45) is 12.8 Å². The minimum Gasteiger partial charge on any atom is -0.375 e. The van der Waals surface area contributed by atoms with E-state index in [9.17, 15) is 0 Å². The Morgan fingerprint density at radius 1 is 1.64 bits per heavy atom. The molecule has 1 heterocycles. The molecule has 0 saturated carbocycles. The molecule has 0 spiro atoms. The van der Waals surface area contributed by atoms with Gasteiger partial charge in [0, 0.05) is 14.2 Å². The van der Waals surface area contributed by atoms with Crippen LogP contribution < -0.4 is 5.73 Å². The molecule has 0 radical (unpaired) electrons. The Labute approximate surface area is 89.0 Å². The highest BCUT2D eigenvalue weighted by Crippen LogP contribution is 2.29. The molecule has 2 N–H and O–H groups in total. The van der Waals surface area contributed by atoms with Gasteiger partial charge in [-0.3, -0.25) is 4.68 Å². The summed E-state index contributed by atoms with van der Waals surface area (Å²) in [7, 11) is 3.51. The molecule has 14 heavy (non-hydrogen) atoms. The van der Waals surface area contributed by atoms with Crippen molar-refractivity contribution in [3.63, 3.8) is 0 Å². The quantitative estimate of drug-likeness (QED) is 0.830. The van der Waals surface area contributed by atoms with Crippen LogP contribution in [0.5, 0.6) is 0 Å². The summed E-state index contributed by atoms with van der Waals surface area (Å²) in [6, 6.07) is 0. The van der Waals surface area contributed by atoms with E-state index in [4.69, 9.17) is 22.1 Å². The van der Waals surface area contributed by atoms with Crippen LogP contribution in [0, 0.1) is 6.92 Å². The monoisotopic (exact) mass is 217 g/mol. The molecule has 5 heteroatoms. The number of nitrogens with two attached hydrogens (primary N) is 1. The second-order valence-corrected chi connectivity index (χ2v) is 3.59. The van der Waals surface area contributed by atoms with Crippen LogP contribution in [0.15, 0.2) is 0 Å². The van der Waals surface area contributed by atoms with Gasteiger partial charge in [0.25, 0.3) is 0 Å². The number of nitrogens with zero attached hydrogens (tertiary/aromatic N) is 2. The lowest BCUT2D eigenvalue weighted by Crippen LogP contribution is -2.13. The van der Waals surface area contributed by atoms with E-state index in [1.54, 1.807) is 11.8 Å². The Kier molecular flexibility index (Phi) is 3.92. The molecule has 1 aromatic heterocycles. The van der Waals surface area contributed by atoms with Crippen molar-refractivity contribution in [2.45, 2.75) is 19.4 Å². The van der Waals surface area contributed by atoms with Gasteiger partial charge in [-0.2, -0.15) is 5.10 Å². The summed E-state index contributed by atoms with van der Waals surface area (Å²) >= 11 is 6.12. The van der Waals surface area contributed by atoms with Gasteiger partial charge in [-0.05, 0) is 19.9 Å². The van der Waals surface area contributed by atoms with Gasteiger partial charge in [-0.15, -0.1) is 0 Å². The van der Waals surface area contributed by atoms with Gasteiger partial charge in [-0.1, -0.05) is 11.6 Å². The molecule has 0 aliphatic carbocycles. The normalized spacial score (nSPS) is 13.2. The molecule has 4 nitrogen and oxygen atoms in total. The third-order valence-electron chi connectivity index (χ3n) is 2.21. The number of hydrogen-bond donors (Lipinski definition) is 1. The van der Waals surface area contributed by atoms with Gasteiger partial charge in [0.15, 0.2) is 0 Å². The Balaban J connectivity index is 3.02. The van der Waals surface area contributed by atoms with Crippen LogP contribution in [0.2, 0.25) is 5.02 Å². The fraction of sp³-hybridized carbons (Fsp3) is 0.667. The van der Waals surface area contributed by atoms with E-state index in [-0.39, 0.29) is 6.10 Å². The van der Waals surface area contributed by atoms with Crippen molar-refractivity contribution in [2.75, 3.05) is 13.7 Å². The van der Waals surface area contributed by atoms with E-state index < -0.39 is 0 Å². The average molecular weight is 218 g/mol. The van der Waals surface area contributed by atoms with Crippen LogP contribution in [0.1, 0.15) is 23.9 Å². The molecular weight excluding hydrogens is 202 g/mol. The van der Waals surface area contributed by atoms with Gasteiger partial charge in [0.2, 0.25) is 0 Å². The topological polar surface area (TPSA) is 53.1 Å². The zero-order valence-electron chi connectivity index (χ0n) is 8.75. The standard InChI is InChI=1S/C9H16ClN3O/c1-6-8(10)9(13(2)12-6)7(14-3)4-5-11/h7H,4-5,11H2,1-3H3. The molecule has 0 fully saturated rings. The third kappa shape index (κ3) is 2.08. The molecule has 1 aromatic rings. The summed E-state index contributed by atoms with van der Waals surface area (Å²) in [5, 5.41) is 4.90. The second-order valence-electron chi connectivity index (χ2n) is 3.21. The number of halogens is 1. The maximum Gasteiger partial charge on any atom is 0.101 e. The fourth-order valence-corrected chi connectivity index (χ4v) is 1.80. The number of methoxy groups -OCH3 is 1. The van der Waals surface area contributed by atoms with E-state index in [1.165, 1.54) is 0 Å². The number of hydrogen-bond acceptors (Lipinski definition) is 3. The molecular formula is C9H16ClN3O. The summed E-state index contributed by atoms with van der Waals surface area (Å²) < 4.78 is 7.08. The first-order valence-corrected chi connectivity index (χ1v) is 4.91. The summed E-state index contributed by atoms with van der Waals surface area (Å²) in [5.41, 5.74) is 7.22. The fourth-order valence-electron chi connectivity index (χ4n) is 1.52. The smallest absolute Gasteiger partial charge is 0.101 e. The predicted octanol–water partition coefficient (Wildman–Crippen LogP) is 1.42. The van der Waals surface area contributed by atoms with Crippen LogP contribution in [-0.4, -0.2) is 23.4 Å². The Hall–Kier alpha value is -0.580. The highest BCUT2D eigenvalue weighted by molar-refractivity contribution is 6.31. The zero-order chi connectivity index (χ0) is 10.7. The second kappa shape index (κ2) is 4.77. The van der Waals surface area contributed by atoms with Gasteiger partial charge in [0.1, 0.15) is 6.10 Å². The molecule has 1 unspecified atom stereocenters. The molecule has 0 aliphatic heterocycles. The number of aryl methyl sites for hydroxylation is 2. The van der Waals surface area contributed by atoms with E-state index in [0.29, 0.717) is 11.6 Å². The Morgan fingerprint density at radius 2 is 2.29 bits per heavy atom. The van der Waals surface area contributed by atoms with Crippen molar-refractivity contribution < 1.29 is 4.74 Å². The number of ether oxygens (including phenoxy) is 1. The first-order valence-electron chi connectivity index (χ1n) is 4.53. The van der Waals surface area contributed by atoms with E-state index in [2.05, 4.69) is 5.10 Å². The number of rotatable bonds is 4. The van der Waals surface area contributed by atoms with Crippen molar-refractivity contribution in [1.29, 1.82) is 0 Å². The average Bonchev–Trinajstić information content (AvgIpc) is 2.39. The molecule has 1 atom stereocenters. The predicted molar refractivity (Wildman–Crippen MR) is 56.4 cm³/mol. The molecule has 0 amide bonds. The maximum absolute atomic E-state index is 6.12. The SMILES string of the molecule is COC(CCN)c1c(Cl)c(C)nn1C.